The third kappa shape index (κ3) is 2.48. The second kappa shape index (κ2) is 4.18. The van der Waals surface area contributed by atoms with Crippen molar-refractivity contribution in [1.82, 2.24) is 0 Å². The van der Waals surface area contributed by atoms with Crippen LogP contribution in [0.15, 0.2) is 12.1 Å². The van der Waals surface area contributed by atoms with E-state index in [1.165, 1.54) is 0 Å². The first kappa shape index (κ1) is 12.0. The summed E-state index contributed by atoms with van der Waals surface area (Å²) in [7, 11) is 0.526. The number of hydrogen-bond acceptors (Lipinski definition) is 3. The van der Waals surface area contributed by atoms with E-state index >= 15 is 0 Å². The van der Waals surface area contributed by atoms with Gasteiger partial charge >= 0.3 is 7.12 Å². The van der Waals surface area contributed by atoms with Crippen LogP contribution in [0.4, 0.5) is 0 Å². The van der Waals surface area contributed by atoms with Crippen molar-refractivity contribution in [2.45, 2.75) is 38.9 Å². The van der Waals surface area contributed by atoms with Gasteiger partial charge in [0.2, 0.25) is 0 Å². The van der Waals surface area contributed by atoms with Crippen molar-refractivity contribution < 1.29 is 13.7 Å². The summed E-state index contributed by atoms with van der Waals surface area (Å²) >= 11 is 0. The summed E-state index contributed by atoms with van der Waals surface area (Å²) in [5.41, 5.74) is -0.492. The highest BCUT2D eigenvalue weighted by atomic mass is 28.2. The van der Waals surface area contributed by atoms with E-state index in [2.05, 4.69) is 0 Å². The van der Waals surface area contributed by atoms with E-state index in [1.54, 1.807) is 0 Å². The first-order valence-electron chi connectivity index (χ1n) is 4.90. The number of rotatable bonds is 3. The lowest BCUT2D eigenvalue weighted by molar-refractivity contribution is 0.00578. The molecule has 1 rings (SSSR count). The molecule has 0 N–H and O–H groups in total. The third-order valence-corrected chi connectivity index (χ3v) is 3.16. The predicted octanol–water partition coefficient (Wildman–Crippen LogP) is 0.471. The van der Waals surface area contributed by atoms with Crippen molar-refractivity contribution in [2.75, 3.05) is 6.61 Å². The Morgan fingerprint density at radius 2 is 1.71 bits per heavy atom. The Balaban J connectivity index is 2.55. The van der Waals surface area contributed by atoms with Gasteiger partial charge in [0.15, 0.2) is 0 Å². The topological polar surface area (TPSA) is 27.7 Å². The second-order valence-corrected chi connectivity index (χ2v) is 5.09. The summed E-state index contributed by atoms with van der Waals surface area (Å²) in [4.78, 5) is 0. The zero-order valence-corrected chi connectivity index (χ0v) is 11.7. The minimum Gasteiger partial charge on any atom is -0.424 e. The van der Waals surface area contributed by atoms with Crippen molar-refractivity contribution in [1.29, 1.82) is 0 Å². The van der Waals surface area contributed by atoms with Crippen LogP contribution in [0.1, 0.15) is 27.7 Å². The van der Waals surface area contributed by atoms with Gasteiger partial charge < -0.3 is 13.7 Å². The maximum atomic E-state index is 5.76. The van der Waals surface area contributed by atoms with E-state index in [-0.39, 0.29) is 18.3 Å². The highest BCUT2D eigenvalue weighted by Crippen LogP contribution is 2.36. The standard InChI is InChI=1S/C9H19BO3Si/c1-8(2)9(3,4)13-10(12-8)6-5-7-11-14/h5-6H,7H2,1-4,14H3. The molecule has 14 heavy (non-hydrogen) atoms. The monoisotopic (exact) mass is 214 g/mol. The number of hydrogen-bond donors (Lipinski definition) is 0. The molecule has 1 saturated heterocycles. The van der Waals surface area contributed by atoms with Crippen LogP contribution >= 0.6 is 0 Å². The molecule has 1 aliphatic rings. The van der Waals surface area contributed by atoms with E-state index in [9.17, 15) is 0 Å². The normalized spacial score (nSPS) is 25.0. The average molecular weight is 214 g/mol. The zero-order valence-electron chi connectivity index (χ0n) is 9.66. The Labute approximate surface area is 89.5 Å². The molecule has 1 aliphatic heterocycles. The van der Waals surface area contributed by atoms with Crippen LogP contribution in [0.5, 0.6) is 0 Å². The maximum absolute atomic E-state index is 5.76. The third-order valence-electron chi connectivity index (χ3n) is 2.83. The fourth-order valence-corrected chi connectivity index (χ4v) is 1.42. The van der Waals surface area contributed by atoms with E-state index in [4.69, 9.17) is 13.7 Å². The molecule has 80 valence electrons. The molecule has 0 spiro atoms. The molecule has 5 heteroatoms. The van der Waals surface area contributed by atoms with Crippen LogP contribution in [-0.4, -0.2) is 35.4 Å². The zero-order chi connectivity index (χ0) is 10.8. The van der Waals surface area contributed by atoms with Gasteiger partial charge in [-0.25, -0.2) is 0 Å². The molecule has 0 radical (unpaired) electrons. The molecule has 1 heterocycles. The summed E-state index contributed by atoms with van der Waals surface area (Å²) in [5, 5.41) is 0. The Morgan fingerprint density at radius 3 is 2.14 bits per heavy atom. The van der Waals surface area contributed by atoms with Crippen molar-refractivity contribution in [2.24, 2.45) is 0 Å². The molecule has 0 aromatic carbocycles. The Hall–Kier alpha value is -0.0982. The van der Waals surface area contributed by atoms with Gasteiger partial charge in [0.05, 0.1) is 17.8 Å². The molecule has 3 nitrogen and oxygen atoms in total. The quantitative estimate of drug-likeness (QED) is 0.639. The minimum absolute atomic E-state index is 0.239. The van der Waals surface area contributed by atoms with Crippen LogP contribution < -0.4 is 0 Å². The Bertz CT molecular complexity index is 212. The molecule has 0 aromatic rings. The van der Waals surface area contributed by atoms with Crippen LogP contribution in [0, 0.1) is 0 Å². The maximum Gasteiger partial charge on any atom is 0.486 e. The molecule has 0 atom stereocenters. The summed E-state index contributed by atoms with van der Waals surface area (Å²) in [6.07, 6.45) is 1.94. The second-order valence-electron chi connectivity index (χ2n) is 4.51. The lowest BCUT2D eigenvalue weighted by Gasteiger charge is -2.32. The van der Waals surface area contributed by atoms with Crippen molar-refractivity contribution in [3.63, 3.8) is 0 Å². The van der Waals surface area contributed by atoms with E-state index in [1.807, 2.05) is 39.7 Å². The summed E-state index contributed by atoms with van der Waals surface area (Å²) in [6.45, 7) is 8.83. The lowest BCUT2D eigenvalue weighted by atomic mass is 9.90. The lowest BCUT2D eigenvalue weighted by Crippen LogP contribution is -2.41. The molecule has 0 aromatic heterocycles. The molecule has 0 aliphatic carbocycles. The van der Waals surface area contributed by atoms with E-state index < -0.39 is 0 Å². The van der Waals surface area contributed by atoms with E-state index in [0.29, 0.717) is 6.61 Å². The fraction of sp³-hybridized carbons (Fsp3) is 0.778. The summed E-state index contributed by atoms with van der Waals surface area (Å²) in [5.74, 6) is 1.91. The largest absolute Gasteiger partial charge is 0.486 e. The minimum atomic E-state index is -0.246. The van der Waals surface area contributed by atoms with Gasteiger partial charge in [0, 0.05) is 0 Å². The van der Waals surface area contributed by atoms with Crippen LogP contribution in [0.3, 0.4) is 0 Å². The smallest absolute Gasteiger partial charge is 0.424 e. The Morgan fingerprint density at radius 1 is 1.21 bits per heavy atom. The highest BCUT2D eigenvalue weighted by Gasteiger charge is 2.49. The summed E-state index contributed by atoms with van der Waals surface area (Å²) in [6, 6.07) is 0. The van der Waals surface area contributed by atoms with Gasteiger partial charge in [0.25, 0.3) is 0 Å². The Kier molecular flexibility index (Phi) is 3.58. The van der Waals surface area contributed by atoms with Gasteiger partial charge in [-0.2, -0.15) is 0 Å². The molecule has 0 saturated carbocycles. The van der Waals surface area contributed by atoms with Gasteiger partial charge in [-0.15, -0.1) is 0 Å². The molecular weight excluding hydrogens is 195 g/mol. The van der Waals surface area contributed by atoms with Crippen molar-refractivity contribution >= 4 is 17.6 Å². The molecule has 0 bridgehead atoms. The first-order chi connectivity index (χ1) is 6.39. The first-order valence-corrected chi connectivity index (χ1v) is 5.72. The van der Waals surface area contributed by atoms with Gasteiger partial charge in [-0.1, -0.05) is 12.1 Å². The molecule has 0 amide bonds. The highest BCUT2D eigenvalue weighted by molar-refractivity contribution is 6.51. The molecule has 0 unspecified atom stereocenters. The predicted molar refractivity (Wildman–Crippen MR) is 61.1 cm³/mol. The average Bonchev–Trinajstić information content (AvgIpc) is 2.21. The molecular formula is C9H19BO3Si. The van der Waals surface area contributed by atoms with Gasteiger partial charge in [-0.3, -0.25) is 0 Å². The van der Waals surface area contributed by atoms with Crippen LogP contribution in [-0.2, 0) is 13.7 Å². The molecule has 1 fully saturated rings. The summed E-state index contributed by atoms with van der Waals surface area (Å²) < 4.78 is 16.6. The van der Waals surface area contributed by atoms with Crippen LogP contribution in [0.25, 0.3) is 0 Å². The fourth-order valence-electron chi connectivity index (χ4n) is 1.23. The van der Waals surface area contributed by atoms with E-state index in [0.717, 1.165) is 10.5 Å². The van der Waals surface area contributed by atoms with Gasteiger partial charge in [0.1, 0.15) is 10.5 Å². The van der Waals surface area contributed by atoms with Crippen LogP contribution in [0.2, 0.25) is 0 Å². The van der Waals surface area contributed by atoms with Gasteiger partial charge in [-0.05, 0) is 27.7 Å². The van der Waals surface area contributed by atoms with Crippen molar-refractivity contribution in [3.8, 4) is 0 Å². The SMILES string of the molecule is CC1(C)OB(C=CCO[SiH3])OC1(C)C. The van der Waals surface area contributed by atoms with Crippen molar-refractivity contribution in [3.05, 3.63) is 12.1 Å².